The predicted molar refractivity (Wildman–Crippen MR) is 115 cm³/mol. The number of Topliss-reactive ketones (excluding diaryl/α,β-unsaturated/α-hetero) is 1. The van der Waals surface area contributed by atoms with Crippen LogP contribution in [0, 0.1) is 0 Å². The Morgan fingerprint density at radius 2 is 1.80 bits per heavy atom. The van der Waals surface area contributed by atoms with E-state index in [0.29, 0.717) is 21.2 Å². The molecule has 150 valence electrons. The summed E-state index contributed by atoms with van der Waals surface area (Å²) in [5, 5.41) is 11.7. The Morgan fingerprint density at radius 1 is 1.03 bits per heavy atom. The Morgan fingerprint density at radius 3 is 2.47 bits per heavy atom. The fourth-order valence-electron chi connectivity index (χ4n) is 3.53. The molecule has 0 saturated carbocycles. The van der Waals surface area contributed by atoms with E-state index < -0.39 is 17.7 Å². The van der Waals surface area contributed by atoms with Gasteiger partial charge in [0.15, 0.2) is 0 Å². The Labute approximate surface area is 183 Å². The summed E-state index contributed by atoms with van der Waals surface area (Å²) < 4.78 is 0. The number of aliphatic hydroxyl groups is 1. The van der Waals surface area contributed by atoms with E-state index in [1.54, 1.807) is 67.0 Å². The fraction of sp³-hybridized carbons (Fsp3) is 0.0870. The van der Waals surface area contributed by atoms with E-state index in [0.717, 1.165) is 5.56 Å². The van der Waals surface area contributed by atoms with Crippen LogP contribution in [0.4, 0.5) is 0 Å². The molecule has 5 nitrogen and oxygen atoms in total. The van der Waals surface area contributed by atoms with Crippen molar-refractivity contribution < 1.29 is 14.7 Å². The third kappa shape index (κ3) is 3.70. The quantitative estimate of drug-likeness (QED) is 0.353. The van der Waals surface area contributed by atoms with Crippen molar-refractivity contribution in [3.63, 3.8) is 0 Å². The van der Waals surface area contributed by atoms with Crippen LogP contribution in [0.25, 0.3) is 5.76 Å². The number of aromatic nitrogens is 1. The Bertz CT molecular complexity index is 1150. The van der Waals surface area contributed by atoms with Crippen molar-refractivity contribution in [2.24, 2.45) is 0 Å². The van der Waals surface area contributed by atoms with Crippen molar-refractivity contribution in [2.75, 3.05) is 0 Å². The number of aliphatic hydroxyl groups excluding tert-OH is 1. The maximum absolute atomic E-state index is 13.0. The second-order valence-corrected chi connectivity index (χ2v) is 7.66. The SMILES string of the molecule is O=C1C(=O)N(Cc2cccnc2)[C@H](c2ccc(Cl)cc2Cl)/C1=C(\O)c1ccccc1. The van der Waals surface area contributed by atoms with Crippen LogP contribution >= 0.6 is 23.2 Å². The summed E-state index contributed by atoms with van der Waals surface area (Å²) in [6.45, 7) is 0.133. The lowest BCUT2D eigenvalue weighted by Gasteiger charge is -2.26. The number of halogens is 2. The van der Waals surface area contributed by atoms with Gasteiger partial charge in [0.05, 0.1) is 11.6 Å². The number of carbonyl (C=O) groups excluding carboxylic acids is 2. The van der Waals surface area contributed by atoms with E-state index in [4.69, 9.17) is 23.2 Å². The van der Waals surface area contributed by atoms with Gasteiger partial charge in [0.1, 0.15) is 5.76 Å². The molecule has 0 radical (unpaired) electrons. The Kier molecular flexibility index (Phi) is 5.57. The molecule has 1 N–H and O–H groups in total. The number of benzene rings is 2. The number of amides is 1. The zero-order chi connectivity index (χ0) is 21.3. The van der Waals surface area contributed by atoms with E-state index in [-0.39, 0.29) is 17.9 Å². The van der Waals surface area contributed by atoms with Crippen LogP contribution in [0.5, 0.6) is 0 Å². The molecule has 1 amide bonds. The first kappa shape index (κ1) is 20.1. The van der Waals surface area contributed by atoms with Crippen molar-refractivity contribution in [3.8, 4) is 0 Å². The highest BCUT2D eigenvalue weighted by Crippen LogP contribution is 2.43. The normalized spacial score (nSPS) is 18.1. The number of carbonyl (C=O) groups is 2. The largest absolute Gasteiger partial charge is 0.507 e. The number of ketones is 1. The second kappa shape index (κ2) is 8.30. The van der Waals surface area contributed by atoms with Crippen LogP contribution in [0.15, 0.2) is 78.6 Å². The van der Waals surface area contributed by atoms with Gasteiger partial charge in [-0.25, -0.2) is 0 Å². The van der Waals surface area contributed by atoms with Crippen molar-refractivity contribution in [2.45, 2.75) is 12.6 Å². The van der Waals surface area contributed by atoms with Gasteiger partial charge in [0, 0.05) is 34.5 Å². The molecule has 2 aromatic carbocycles. The summed E-state index contributed by atoms with van der Waals surface area (Å²) in [4.78, 5) is 31.4. The highest BCUT2D eigenvalue weighted by molar-refractivity contribution is 6.47. The molecule has 2 heterocycles. The number of rotatable bonds is 4. The lowest BCUT2D eigenvalue weighted by Crippen LogP contribution is -2.29. The van der Waals surface area contributed by atoms with E-state index >= 15 is 0 Å². The minimum absolute atomic E-state index is 0.0145. The predicted octanol–water partition coefficient (Wildman–Crippen LogP) is 5.01. The molecular formula is C23H16Cl2N2O3. The van der Waals surface area contributed by atoms with Gasteiger partial charge in [0.2, 0.25) is 0 Å². The standard InChI is InChI=1S/C23H16Cl2N2O3/c24-16-8-9-17(18(25)11-16)20-19(21(28)15-6-2-1-3-7-15)22(29)23(30)27(20)13-14-5-4-10-26-12-14/h1-12,20,28H,13H2/b21-19+/t20-/m1/s1. The Balaban J connectivity index is 1.90. The molecule has 30 heavy (non-hydrogen) atoms. The van der Waals surface area contributed by atoms with Crippen molar-refractivity contribution in [3.05, 3.63) is 105 Å². The second-order valence-electron chi connectivity index (χ2n) is 6.82. The topological polar surface area (TPSA) is 70.5 Å². The van der Waals surface area contributed by atoms with Crippen molar-refractivity contribution in [1.29, 1.82) is 0 Å². The first-order chi connectivity index (χ1) is 14.5. The molecule has 0 unspecified atom stereocenters. The highest BCUT2D eigenvalue weighted by Gasteiger charge is 2.46. The molecule has 1 fully saturated rings. The number of likely N-dealkylation sites (tertiary alicyclic amines) is 1. The molecule has 0 aliphatic carbocycles. The van der Waals surface area contributed by atoms with Crippen LogP contribution in [0.1, 0.15) is 22.7 Å². The summed E-state index contributed by atoms with van der Waals surface area (Å²) in [6.07, 6.45) is 3.25. The zero-order valence-corrected chi connectivity index (χ0v) is 17.1. The van der Waals surface area contributed by atoms with Gasteiger partial charge in [0.25, 0.3) is 11.7 Å². The minimum Gasteiger partial charge on any atom is -0.507 e. The third-order valence-electron chi connectivity index (χ3n) is 4.92. The molecule has 1 saturated heterocycles. The zero-order valence-electron chi connectivity index (χ0n) is 15.6. The smallest absolute Gasteiger partial charge is 0.295 e. The number of hydrogen-bond donors (Lipinski definition) is 1. The summed E-state index contributed by atoms with van der Waals surface area (Å²) in [7, 11) is 0. The summed E-state index contributed by atoms with van der Waals surface area (Å²) in [6, 6.07) is 16.2. The monoisotopic (exact) mass is 438 g/mol. The van der Waals surface area contributed by atoms with Gasteiger partial charge in [-0.05, 0) is 29.3 Å². The average Bonchev–Trinajstić information content (AvgIpc) is 2.99. The summed E-state index contributed by atoms with van der Waals surface area (Å²) in [5.41, 5.74) is 1.67. The first-order valence-corrected chi connectivity index (χ1v) is 9.90. The lowest BCUT2D eigenvalue weighted by atomic mass is 9.95. The first-order valence-electron chi connectivity index (χ1n) is 9.15. The van der Waals surface area contributed by atoms with Crippen LogP contribution in [-0.2, 0) is 16.1 Å². The molecule has 1 aliphatic heterocycles. The molecule has 1 aromatic heterocycles. The van der Waals surface area contributed by atoms with Crippen LogP contribution in [0.3, 0.4) is 0 Å². The molecule has 1 aliphatic rings. The van der Waals surface area contributed by atoms with E-state index in [9.17, 15) is 14.7 Å². The lowest BCUT2D eigenvalue weighted by molar-refractivity contribution is -0.140. The van der Waals surface area contributed by atoms with E-state index in [2.05, 4.69) is 4.98 Å². The summed E-state index contributed by atoms with van der Waals surface area (Å²) >= 11 is 12.5. The third-order valence-corrected chi connectivity index (χ3v) is 5.48. The van der Waals surface area contributed by atoms with Gasteiger partial charge in [-0.1, -0.05) is 65.7 Å². The summed E-state index contributed by atoms with van der Waals surface area (Å²) in [5.74, 6) is -1.73. The maximum Gasteiger partial charge on any atom is 0.295 e. The molecular weight excluding hydrogens is 423 g/mol. The van der Waals surface area contributed by atoms with Gasteiger partial charge >= 0.3 is 0 Å². The molecule has 3 aromatic rings. The van der Waals surface area contributed by atoms with E-state index in [1.165, 1.54) is 4.90 Å². The highest BCUT2D eigenvalue weighted by atomic mass is 35.5. The average molecular weight is 439 g/mol. The molecule has 4 rings (SSSR count). The van der Waals surface area contributed by atoms with Gasteiger partial charge < -0.3 is 10.0 Å². The number of pyridine rings is 1. The van der Waals surface area contributed by atoms with Crippen LogP contribution < -0.4 is 0 Å². The number of nitrogens with zero attached hydrogens (tertiary/aromatic N) is 2. The van der Waals surface area contributed by atoms with Gasteiger partial charge in [-0.2, -0.15) is 0 Å². The van der Waals surface area contributed by atoms with Crippen LogP contribution in [0.2, 0.25) is 10.0 Å². The maximum atomic E-state index is 13.0. The van der Waals surface area contributed by atoms with E-state index in [1.807, 2.05) is 6.07 Å². The fourth-order valence-corrected chi connectivity index (χ4v) is 4.04. The van der Waals surface area contributed by atoms with Gasteiger partial charge in [-0.3, -0.25) is 14.6 Å². The van der Waals surface area contributed by atoms with Crippen molar-refractivity contribution >= 4 is 40.7 Å². The van der Waals surface area contributed by atoms with Gasteiger partial charge in [-0.15, -0.1) is 0 Å². The van der Waals surface area contributed by atoms with Crippen molar-refractivity contribution in [1.82, 2.24) is 9.88 Å². The minimum atomic E-state index is -0.866. The molecule has 1 atom stereocenters. The number of hydrogen-bond acceptors (Lipinski definition) is 4. The molecule has 0 bridgehead atoms. The molecule has 0 spiro atoms. The van der Waals surface area contributed by atoms with Crippen LogP contribution in [-0.4, -0.2) is 26.7 Å². The molecule has 7 heteroatoms. The Hall–Kier alpha value is -3.15.